The number of hydrogen-bond acceptors (Lipinski definition) is 7. The summed E-state index contributed by atoms with van der Waals surface area (Å²) in [6, 6.07) is 4.77. The van der Waals surface area contributed by atoms with Crippen LogP contribution in [-0.2, 0) is 0 Å². The maximum Gasteiger partial charge on any atom is 0.354 e. The Labute approximate surface area is 136 Å². The molecule has 0 spiro atoms. The summed E-state index contributed by atoms with van der Waals surface area (Å²) in [6.45, 7) is 0. The highest BCUT2D eigenvalue weighted by Gasteiger charge is 2.23. The standard InChI is InChI=1S/C12H12Cl2N6O2/c1-19(2)18-12-10(20(21)22)11(15-6-16-12)17-7-3-4-8(13)9(14)5-7/h3-6H,1-2H3,(H2,15,16,17,18). The third kappa shape index (κ3) is 3.73. The fraction of sp³-hybridized carbons (Fsp3) is 0.167. The molecule has 2 rings (SSSR count). The van der Waals surface area contributed by atoms with Crippen LogP contribution in [0.25, 0.3) is 0 Å². The number of hydrogen-bond donors (Lipinski definition) is 2. The van der Waals surface area contributed by atoms with Gasteiger partial charge >= 0.3 is 5.69 Å². The Morgan fingerprint density at radius 3 is 2.45 bits per heavy atom. The quantitative estimate of drug-likeness (QED) is 0.635. The van der Waals surface area contributed by atoms with Crippen molar-refractivity contribution in [1.82, 2.24) is 15.0 Å². The third-order valence-corrected chi connectivity index (χ3v) is 3.26. The lowest BCUT2D eigenvalue weighted by Gasteiger charge is -2.14. The molecule has 0 radical (unpaired) electrons. The van der Waals surface area contributed by atoms with Gasteiger partial charge in [-0.1, -0.05) is 23.2 Å². The van der Waals surface area contributed by atoms with E-state index in [-0.39, 0.29) is 17.3 Å². The first-order chi connectivity index (χ1) is 10.4. The number of hydrazine groups is 1. The van der Waals surface area contributed by atoms with Gasteiger partial charge in [0.2, 0.25) is 11.6 Å². The zero-order chi connectivity index (χ0) is 16.3. The molecule has 10 heteroatoms. The fourth-order valence-corrected chi connectivity index (χ4v) is 1.95. The fourth-order valence-electron chi connectivity index (χ4n) is 1.65. The Balaban J connectivity index is 2.41. The van der Waals surface area contributed by atoms with Gasteiger partial charge in [0.1, 0.15) is 6.33 Å². The number of halogens is 2. The topological polar surface area (TPSA) is 96.2 Å². The van der Waals surface area contributed by atoms with Crippen LogP contribution in [0.5, 0.6) is 0 Å². The van der Waals surface area contributed by atoms with Gasteiger partial charge in [0.15, 0.2) is 0 Å². The average molecular weight is 343 g/mol. The van der Waals surface area contributed by atoms with Crippen LogP contribution < -0.4 is 10.7 Å². The summed E-state index contributed by atoms with van der Waals surface area (Å²) in [5.41, 5.74) is 3.00. The molecule has 0 unspecified atom stereocenters. The van der Waals surface area contributed by atoms with Crippen LogP contribution >= 0.6 is 23.2 Å². The van der Waals surface area contributed by atoms with Crippen LogP contribution in [0.15, 0.2) is 24.5 Å². The lowest BCUT2D eigenvalue weighted by Crippen LogP contribution is -2.21. The average Bonchev–Trinajstić information content (AvgIpc) is 2.42. The van der Waals surface area contributed by atoms with Crippen LogP contribution in [0.2, 0.25) is 10.0 Å². The molecule has 0 fully saturated rings. The summed E-state index contributed by atoms with van der Waals surface area (Å²) in [7, 11) is 3.38. The molecule has 0 saturated carbocycles. The zero-order valence-corrected chi connectivity index (χ0v) is 13.2. The zero-order valence-electron chi connectivity index (χ0n) is 11.7. The number of aromatic nitrogens is 2. The van der Waals surface area contributed by atoms with Gasteiger partial charge in [-0.05, 0) is 18.2 Å². The molecule has 1 heterocycles. The first kappa shape index (κ1) is 16.2. The molecule has 0 aliphatic carbocycles. The van der Waals surface area contributed by atoms with E-state index in [0.29, 0.717) is 15.7 Å². The molecule has 0 aliphatic heterocycles. The highest BCUT2D eigenvalue weighted by atomic mass is 35.5. The van der Waals surface area contributed by atoms with Crippen molar-refractivity contribution in [2.45, 2.75) is 0 Å². The molecule has 0 bridgehead atoms. The van der Waals surface area contributed by atoms with E-state index in [0.717, 1.165) is 0 Å². The molecule has 2 aromatic rings. The summed E-state index contributed by atoms with van der Waals surface area (Å²) in [5, 5.41) is 16.4. The molecule has 1 aromatic carbocycles. The van der Waals surface area contributed by atoms with Gasteiger partial charge in [0.25, 0.3) is 0 Å². The van der Waals surface area contributed by atoms with Gasteiger partial charge in [-0.15, -0.1) is 0 Å². The number of nitrogens with zero attached hydrogens (tertiary/aromatic N) is 4. The van der Waals surface area contributed by atoms with Crippen LogP contribution in [0.1, 0.15) is 0 Å². The molecule has 0 saturated heterocycles. The van der Waals surface area contributed by atoms with Gasteiger partial charge in [-0.3, -0.25) is 15.5 Å². The molecule has 116 valence electrons. The summed E-state index contributed by atoms with van der Waals surface area (Å²) in [4.78, 5) is 18.5. The van der Waals surface area contributed by atoms with E-state index in [9.17, 15) is 10.1 Å². The van der Waals surface area contributed by atoms with Crippen molar-refractivity contribution in [2.24, 2.45) is 0 Å². The van der Waals surface area contributed by atoms with Crippen LogP contribution in [0, 0.1) is 10.1 Å². The maximum absolute atomic E-state index is 11.3. The van der Waals surface area contributed by atoms with E-state index in [1.807, 2.05) is 0 Å². The van der Waals surface area contributed by atoms with Crippen molar-refractivity contribution in [3.63, 3.8) is 0 Å². The van der Waals surface area contributed by atoms with Crippen LogP contribution in [0.4, 0.5) is 23.0 Å². The highest BCUT2D eigenvalue weighted by molar-refractivity contribution is 6.42. The number of anilines is 3. The van der Waals surface area contributed by atoms with Gasteiger partial charge in [0, 0.05) is 19.8 Å². The minimum Gasteiger partial charge on any atom is -0.334 e. The van der Waals surface area contributed by atoms with E-state index < -0.39 is 4.92 Å². The van der Waals surface area contributed by atoms with E-state index >= 15 is 0 Å². The number of benzene rings is 1. The van der Waals surface area contributed by atoms with Crippen molar-refractivity contribution in [3.8, 4) is 0 Å². The molecule has 8 nitrogen and oxygen atoms in total. The summed E-state index contributed by atoms with van der Waals surface area (Å²) < 4.78 is 0. The van der Waals surface area contributed by atoms with E-state index in [2.05, 4.69) is 20.7 Å². The highest BCUT2D eigenvalue weighted by Crippen LogP contribution is 2.33. The van der Waals surface area contributed by atoms with Crippen LogP contribution in [-0.4, -0.2) is 34.0 Å². The summed E-state index contributed by atoms with van der Waals surface area (Å²) in [5.74, 6) is 0.121. The SMILES string of the molecule is CN(C)Nc1ncnc(Nc2ccc(Cl)c(Cl)c2)c1[N+](=O)[O-]. The predicted molar refractivity (Wildman–Crippen MR) is 85.7 cm³/mol. The maximum atomic E-state index is 11.3. The van der Waals surface area contributed by atoms with Crippen molar-refractivity contribution in [3.05, 3.63) is 44.7 Å². The molecule has 1 aromatic heterocycles. The monoisotopic (exact) mass is 342 g/mol. The second-order valence-corrected chi connectivity index (χ2v) is 5.25. The second kappa shape index (κ2) is 6.73. The smallest absolute Gasteiger partial charge is 0.334 e. The van der Waals surface area contributed by atoms with Crippen molar-refractivity contribution < 1.29 is 4.92 Å². The summed E-state index contributed by atoms with van der Waals surface area (Å²) >= 11 is 11.8. The predicted octanol–water partition coefficient (Wildman–Crippen LogP) is 3.32. The van der Waals surface area contributed by atoms with Crippen molar-refractivity contribution in [2.75, 3.05) is 24.8 Å². The molecular weight excluding hydrogens is 331 g/mol. The van der Waals surface area contributed by atoms with Crippen molar-refractivity contribution >= 4 is 46.2 Å². The Morgan fingerprint density at radius 2 is 1.86 bits per heavy atom. The molecule has 0 atom stereocenters. The molecule has 22 heavy (non-hydrogen) atoms. The number of nitrogens with one attached hydrogen (secondary N) is 2. The molecule has 0 amide bonds. The van der Waals surface area contributed by atoms with Gasteiger partial charge < -0.3 is 5.32 Å². The van der Waals surface area contributed by atoms with E-state index in [4.69, 9.17) is 23.2 Å². The minimum absolute atomic E-state index is 0.0442. The van der Waals surface area contributed by atoms with E-state index in [1.54, 1.807) is 32.3 Å². The molecule has 0 aliphatic rings. The van der Waals surface area contributed by atoms with Gasteiger partial charge in [0.05, 0.1) is 15.0 Å². The first-order valence-electron chi connectivity index (χ1n) is 6.04. The molecular formula is C12H12Cl2N6O2. The minimum atomic E-state index is -0.564. The lowest BCUT2D eigenvalue weighted by molar-refractivity contribution is -0.383. The molecule has 2 N–H and O–H groups in total. The summed E-state index contributed by atoms with van der Waals surface area (Å²) in [6.07, 6.45) is 1.22. The van der Waals surface area contributed by atoms with Gasteiger partial charge in [-0.25, -0.2) is 15.0 Å². The largest absolute Gasteiger partial charge is 0.354 e. The van der Waals surface area contributed by atoms with Crippen molar-refractivity contribution in [1.29, 1.82) is 0 Å². The Kier molecular flexibility index (Phi) is 4.96. The normalized spacial score (nSPS) is 10.6. The second-order valence-electron chi connectivity index (χ2n) is 4.44. The van der Waals surface area contributed by atoms with Crippen LogP contribution in [0.3, 0.4) is 0 Å². The number of rotatable bonds is 5. The van der Waals surface area contributed by atoms with Gasteiger partial charge in [-0.2, -0.15) is 0 Å². The number of nitro groups is 1. The first-order valence-corrected chi connectivity index (χ1v) is 6.79. The third-order valence-electron chi connectivity index (χ3n) is 2.52. The lowest BCUT2D eigenvalue weighted by atomic mass is 10.3. The Bertz CT molecular complexity index is 710. The Hall–Kier alpha value is -2.16. The van der Waals surface area contributed by atoms with E-state index in [1.165, 1.54) is 11.3 Å². The Morgan fingerprint density at radius 1 is 1.18 bits per heavy atom.